The lowest BCUT2D eigenvalue weighted by Gasteiger charge is -2.32. The van der Waals surface area contributed by atoms with E-state index in [0.29, 0.717) is 54.1 Å². The summed E-state index contributed by atoms with van der Waals surface area (Å²) in [6, 6.07) is 11.3. The second kappa shape index (κ2) is 10.8. The van der Waals surface area contributed by atoms with Gasteiger partial charge in [-0.05, 0) is 56.2 Å². The highest BCUT2D eigenvalue weighted by Gasteiger charge is 2.33. The minimum absolute atomic E-state index is 0.0393. The summed E-state index contributed by atoms with van der Waals surface area (Å²) in [5.41, 5.74) is 1.57. The van der Waals surface area contributed by atoms with E-state index in [4.69, 9.17) is 9.47 Å². The second-order valence-corrected chi connectivity index (χ2v) is 7.81. The molecule has 2 aromatic carbocycles. The molecule has 1 unspecified atom stereocenters. The molecule has 0 aromatic heterocycles. The number of esters is 1. The van der Waals surface area contributed by atoms with Crippen molar-refractivity contribution in [3.63, 3.8) is 0 Å². The molecule has 0 bridgehead atoms. The molecule has 33 heavy (non-hydrogen) atoms. The Balaban J connectivity index is 1.78. The zero-order chi connectivity index (χ0) is 24.0. The molecular weight excluding hydrogens is 424 g/mol. The molecule has 2 amide bonds. The van der Waals surface area contributed by atoms with Crippen LogP contribution in [-0.2, 0) is 14.3 Å². The summed E-state index contributed by atoms with van der Waals surface area (Å²) < 4.78 is 10.8. The third-order valence-electron chi connectivity index (χ3n) is 5.09. The molecule has 174 valence electrons. The molecule has 8 heteroatoms. The van der Waals surface area contributed by atoms with Crippen LogP contribution >= 0.6 is 0 Å². The number of hydrogen-bond acceptors (Lipinski definition) is 6. The molecule has 0 radical (unpaired) electrons. The number of carbonyl (C=O) groups excluding carboxylic acids is 4. The van der Waals surface area contributed by atoms with Crippen LogP contribution in [0.1, 0.15) is 60.7 Å². The highest BCUT2D eigenvalue weighted by atomic mass is 16.5. The van der Waals surface area contributed by atoms with Gasteiger partial charge in [-0.1, -0.05) is 19.9 Å². The molecule has 1 heterocycles. The van der Waals surface area contributed by atoms with Crippen LogP contribution < -0.4 is 15.0 Å². The van der Waals surface area contributed by atoms with Crippen LogP contribution in [0.2, 0.25) is 0 Å². The van der Waals surface area contributed by atoms with Crippen molar-refractivity contribution in [3.05, 3.63) is 53.6 Å². The Morgan fingerprint density at radius 2 is 1.85 bits per heavy atom. The van der Waals surface area contributed by atoms with Crippen molar-refractivity contribution in [2.75, 3.05) is 23.4 Å². The summed E-state index contributed by atoms with van der Waals surface area (Å²) in [5, 5.41) is 2.72. The lowest BCUT2D eigenvalue weighted by atomic mass is 10.0. The van der Waals surface area contributed by atoms with Gasteiger partial charge in [0.15, 0.2) is 11.9 Å². The van der Waals surface area contributed by atoms with Crippen LogP contribution in [0.15, 0.2) is 42.5 Å². The molecule has 1 aliphatic heterocycles. The number of Topliss-reactive ketones (excluding diaryl/α,β-unsaturated/α-hetero) is 1. The summed E-state index contributed by atoms with van der Waals surface area (Å²) >= 11 is 0. The van der Waals surface area contributed by atoms with E-state index < -0.39 is 18.0 Å². The van der Waals surface area contributed by atoms with Gasteiger partial charge in [-0.3, -0.25) is 19.3 Å². The van der Waals surface area contributed by atoms with E-state index in [0.717, 1.165) is 0 Å². The van der Waals surface area contributed by atoms with Crippen molar-refractivity contribution in [3.8, 4) is 5.75 Å². The highest BCUT2D eigenvalue weighted by molar-refractivity contribution is 6.07. The molecule has 1 aliphatic rings. The molecule has 0 fully saturated rings. The van der Waals surface area contributed by atoms with Crippen LogP contribution in [0.3, 0.4) is 0 Å². The lowest BCUT2D eigenvalue weighted by Crippen LogP contribution is -2.47. The largest absolute Gasteiger partial charge is 0.479 e. The average Bonchev–Trinajstić information content (AvgIpc) is 2.80. The zero-order valence-electron chi connectivity index (χ0n) is 19.1. The smallest absolute Gasteiger partial charge is 0.338 e. The van der Waals surface area contributed by atoms with Crippen molar-refractivity contribution >= 4 is 34.9 Å². The number of nitrogens with zero attached hydrogens (tertiary/aromatic N) is 1. The first-order chi connectivity index (χ1) is 15.8. The van der Waals surface area contributed by atoms with Gasteiger partial charge in [0.1, 0.15) is 12.3 Å². The van der Waals surface area contributed by atoms with Gasteiger partial charge in [0.2, 0.25) is 5.91 Å². The van der Waals surface area contributed by atoms with E-state index in [2.05, 4.69) is 5.32 Å². The topological polar surface area (TPSA) is 102 Å². The summed E-state index contributed by atoms with van der Waals surface area (Å²) in [4.78, 5) is 51.3. The Labute approximate surface area is 192 Å². The van der Waals surface area contributed by atoms with Crippen molar-refractivity contribution in [1.29, 1.82) is 0 Å². The maximum Gasteiger partial charge on any atom is 0.338 e. The maximum absolute atomic E-state index is 12.8. The third kappa shape index (κ3) is 5.77. The van der Waals surface area contributed by atoms with E-state index >= 15 is 0 Å². The van der Waals surface area contributed by atoms with Crippen molar-refractivity contribution in [2.24, 2.45) is 0 Å². The normalized spacial score (nSPS) is 14.8. The van der Waals surface area contributed by atoms with Crippen LogP contribution in [0, 0.1) is 0 Å². The Bertz CT molecular complexity index is 1060. The van der Waals surface area contributed by atoms with Gasteiger partial charge >= 0.3 is 5.97 Å². The van der Waals surface area contributed by atoms with Gasteiger partial charge in [0.25, 0.3) is 5.91 Å². The monoisotopic (exact) mass is 452 g/mol. The van der Waals surface area contributed by atoms with Crippen molar-refractivity contribution in [2.45, 2.75) is 46.1 Å². The Hall–Kier alpha value is -3.68. The minimum Gasteiger partial charge on any atom is -0.479 e. The molecule has 1 atom stereocenters. The zero-order valence-corrected chi connectivity index (χ0v) is 19.1. The number of carbonyl (C=O) groups is 4. The number of amides is 2. The molecule has 8 nitrogen and oxygen atoms in total. The van der Waals surface area contributed by atoms with Crippen LogP contribution in [0.25, 0.3) is 0 Å². The van der Waals surface area contributed by atoms with Gasteiger partial charge < -0.3 is 14.8 Å². The van der Waals surface area contributed by atoms with Gasteiger partial charge in [0.05, 0.1) is 17.9 Å². The summed E-state index contributed by atoms with van der Waals surface area (Å²) in [5.74, 6) is -0.906. The lowest BCUT2D eigenvalue weighted by molar-refractivity contribution is -0.127. The first-order valence-corrected chi connectivity index (χ1v) is 11.1. The summed E-state index contributed by atoms with van der Waals surface area (Å²) in [6.07, 6.45) is 1.04. The van der Waals surface area contributed by atoms with Crippen LogP contribution in [-0.4, -0.2) is 42.8 Å². The fraction of sp³-hybridized carbons (Fsp3) is 0.360. The number of ether oxygens (including phenoxy) is 2. The summed E-state index contributed by atoms with van der Waals surface area (Å²) in [6.45, 7) is 5.47. The standard InChI is InChI=1S/C25H28N2O6/c1-4-7-21(28)17-10-11-22-20(14-17)27(24(30)16(3)33-22)15-23(29)26-19-9-6-8-18(13-19)25(31)32-12-5-2/h6,8-11,13-14,16H,4-5,7,12,15H2,1-3H3,(H,26,29). The quantitative estimate of drug-likeness (QED) is 0.456. The molecule has 3 rings (SSSR count). The molecular formula is C25H28N2O6. The van der Waals surface area contributed by atoms with Gasteiger partial charge in [-0.2, -0.15) is 0 Å². The number of hydrogen-bond donors (Lipinski definition) is 1. The molecule has 1 N–H and O–H groups in total. The molecule has 0 aliphatic carbocycles. The first-order valence-electron chi connectivity index (χ1n) is 11.1. The van der Waals surface area contributed by atoms with E-state index in [9.17, 15) is 19.2 Å². The number of nitrogens with one attached hydrogen (secondary N) is 1. The van der Waals surface area contributed by atoms with E-state index in [1.165, 1.54) is 11.0 Å². The Morgan fingerprint density at radius 1 is 1.06 bits per heavy atom. The van der Waals surface area contributed by atoms with E-state index in [1.807, 2.05) is 13.8 Å². The molecule has 0 spiro atoms. The van der Waals surface area contributed by atoms with Crippen molar-refractivity contribution in [1.82, 2.24) is 0 Å². The van der Waals surface area contributed by atoms with E-state index in [1.54, 1.807) is 43.3 Å². The Morgan fingerprint density at radius 3 is 2.58 bits per heavy atom. The molecule has 0 saturated carbocycles. The van der Waals surface area contributed by atoms with E-state index in [-0.39, 0.29) is 18.2 Å². The summed E-state index contributed by atoms with van der Waals surface area (Å²) in [7, 11) is 0. The number of anilines is 2. The highest BCUT2D eigenvalue weighted by Crippen LogP contribution is 2.35. The van der Waals surface area contributed by atoms with Gasteiger partial charge in [-0.25, -0.2) is 4.79 Å². The fourth-order valence-corrected chi connectivity index (χ4v) is 3.46. The van der Waals surface area contributed by atoms with Gasteiger partial charge in [0, 0.05) is 17.7 Å². The minimum atomic E-state index is -0.765. The fourth-order valence-electron chi connectivity index (χ4n) is 3.46. The first kappa shape index (κ1) is 24.0. The number of fused-ring (bicyclic) bond motifs is 1. The van der Waals surface area contributed by atoms with Crippen molar-refractivity contribution < 1.29 is 28.7 Å². The molecule has 0 saturated heterocycles. The molecule has 2 aromatic rings. The maximum atomic E-state index is 12.8. The van der Waals surface area contributed by atoms with Crippen LogP contribution in [0.4, 0.5) is 11.4 Å². The SMILES string of the molecule is CCCOC(=O)c1cccc(NC(=O)CN2C(=O)C(C)Oc3ccc(C(=O)CCC)cc32)c1. The third-order valence-corrected chi connectivity index (χ3v) is 5.09. The average molecular weight is 453 g/mol. The number of benzene rings is 2. The van der Waals surface area contributed by atoms with Gasteiger partial charge in [-0.15, -0.1) is 0 Å². The second-order valence-electron chi connectivity index (χ2n) is 7.81. The predicted octanol–water partition coefficient (Wildman–Crippen LogP) is 3.99. The van der Waals surface area contributed by atoms with Crippen LogP contribution in [0.5, 0.6) is 5.75 Å². The number of ketones is 1. The Kier molecular flexibility index (Phi) is 7.82. The predicted molar refractivity (Wildman–Crippen MR) is 124 cm³/mol. The number of rotatable bonds is 9.